The van der Waals surface area contributed by atoms with Crippen molar-refractivity contribution < 1.29 is 4.79 Å². The Morgan fingerprint density at radius 3 is 2.84 bits per heavy atom. The van der Waals surface area contributed by atoms with Gasteiger partial charge in [0, 0.05) is 43.9 Å². The van der Waals surface area contributed by atoms with Crippen molar-refractivity contribution in [3.63, 3.8) is 0 Å². The molecule has 0 bridgehead atoms. The normalized spacial score (nSPS) is 26.9. The largest absolute Gasteiger partial charge is 0.335 e. The van der Waals surface area contributed by atoms with E-state index in [0.717, 1.165) is 44.2 Å². The van der Waals surface area contributed by atoms with Gasteiger partial charge in [-0.05, 0) is 31.6 Å². The molecule has 25 heavy (non-hydrogen) atoms. The van der Waals surface area contributed by atoms with Crippen molar-refractivity contribution in [3.8, 4) is 0 Å². The quantitative estimate of drug-likeness (QED) is 0.855. The summed E-state index contributed by atoms with van der Waals surface area (Å²) < 4.78 is 4.04. The summed E-state index contributed by atoms with van der Waals surface area (Å²) in [5.41, 5.74) is 0. The molecule has 2 aliphatic rings. The Hall–Kier alpha value is -2.18. The number of aromatic nitrogens is 5. The molecule has 1 amide bonds. The second-order valence-corrected chi connectivity index (χ2v) is 7.65. The Labute approximate surface area is 148 Å². The highest BCUT2D eigenvalue weighted by molar-refractivity contribution is 5.79. The minimum atomic E-state index is 0.185. The number of carbonyl (C=O) groups is 1. The van der Waals surface area contributed by atoms with Gasteiger partial charge in [0.15, 0.2) is 0 Å². The minimum absolute atomic E-state index is 0.185. The molecule has 0 radical (unpaired) electrons. The number of hydrogen-bond acceptors (Lipinski definition) is 4. The maximum atomic E-state index is 13.1. The summed E-state index contributed by atoms with van der Waals surface area (Å²) >= 11 is 0. The SMILES string of the molecule is CC1CCC(C(=O)N2Cc3nccn3C[C@H](Cn3cncn3)C2)CC1. The third kappa shape index (κ3) is 3.60. The van der Waals surface area contributed by atoms with E-state index in [9.17, 15) is 4.79 Å². The van der Waals surface area contributed by atoms with Crippen LogP contribution in [0.15, 0.2) is 25.0 Å². The third-order valence-corrected chi connectivity index (χ3v) is 5.66. The smallest absolute Gasteiger partial charge is 0.226 e. The highest BCUT2D eigenvalue weighted by Gasteiger charge is 2.32. The van der Waals surface area contributed by atoms with Gasteiger partial charge < -0.3 is 9.47 Å². The van der Waals surface area contributed by atoms with Crippen molar-refractivity contribution in [2.24, 2.45) is 17.8 Å². The number of amides is 1. The van der Waals surface area contributed by atoms with E-state index in [1.54, 1.807) is 12.7 Å². The van der Waals surface area contributed by atoms with Gasteiger partial charge in [-0.1, -0.05) is 6.92 Å². The molecule has 0 aromatic carbocycles. The molecule has 3 heterocycles. The van der Waals surface area contributed by atoms with Gasteiger partial charge in [-0.25, -0.2) is 9.97 Å². The third-order valence-electron chi connectivity index (χ3n) is 5.66. The molecule has 134 valence electrons. The molecular weight excluding hydrogens is 316 g/mol. The summed E-state index contributed by atoms with van der Waals surface area (Å²) in [5, 5.41) is 4.23. The Balaban J connectivity index is 1.51. The maximum Gasteiger partial charge on any atom is 0.226 e. The molecule has 2 aromatic heterocycles. The first kappa shape index (κ1) is 16.3. The van der Waals surface area contributed by atoms with E-state index in [2.05, 4.69) is 26.6 Å². The zero-order valence-electron chi connectivity index (χ0n) is 14.8. The zero-order valence-corrected chi connectivity index (χ0v) is 14.8. The second-order valence-electron chi connectivity index (χ2n) is 7.65. The van der Waals surface area contributed by atoms with E-state index in [0.29, 0.717) is 18.4 Å². The van der Waals surface area contributed by atoms with Crippen LogP contribution in [0.3, 0.4) is 0 Å². The fourth-order valence-electron chi connectivity index (χ4n) is 4.18. The first-order chi connectivity index (χ1) is 12.2. The number of rotatable bonds is 3. The fourth-order valence-corrected chi connectivity index (χ4v) is 4.18. The van der Waals surface area contributed by atoms with Gasteiger partial charge in [0.1, 0.15) is 18.5 Å². The predicted molar refractivity (Wildman–Crippen MR) is 92.3 cm³/mol. The van der Waals surface area contributed by atoms with E-state index in [1.165, 1.54) is 12.8 Å². The van der Waals surface area contributed by atoms with E-state index < -0.39 is 0 Å². The van der Waals surface area contributed by atoms with Gasteiger partial charge in [-0.15, -0.1) is 0 Å². The average molecular weight is 342 g/mol. The molecule has 0 N–H and O–H groups in total. The van der Waals surface area contributed by atoms with Gasteiger partial charge in [-0.2, -0.15) is 5.10 Å². The van der Waals surface area contributed by atoms with Gasteiger partial charge in [0.2, 0.25) is 5.91 Å². The summed E-state index contributed by atoms with van der Waals surface area (Å²) in [5.74, 6) is 2.55. The topological polar surface area (TPSA) is 68.8 Å². The van der Waals surface area contributed by atoms with Gasteiger partial charge in [-0.3, -0.25) is 9.48 Å². The summed E-state index contributed by atoms with van der Waals surface area (Å²) in [6, 6.07) is 0. The lowest BCUT2D eigenvalue weighted by Gasteiger charge is -2.31. The number of imidazole rings is 1. The van der Waals surface area contributed by atoms with Crippen LogP contribution in [0.4, 0.5) is 0 Å². The van der Waals surface area contributed by atoms with Crippen LogP contribution in [-0.2, 0) is 24.4 Å². The van der Waals surface area contributed by atoms with Gasteiger partial charge in [0.05, 0.1) is 6.54 Å². The van der Waals surface area contributed by atoms with E-state index in [1.807, 2.05) is 22.0 Å². The zero-order chi connectivity index (χ0) is 17.2. The lowest BCUT2D eigenvalue weighted by Crippen LogP contribution is -2.40. The van der Waals surface area contributed by atoms with Crippen molar-refractivity contribution in [2.75, 3.05) is 6.54 Å². The molecule has 7 nitrogen and oxygen atoms in total. The van der Waals surface area contributed by atoms with Gasteiger partial charge >= 0.3 is 0 Å². The van der Waals surface area contributed by atoms with Crippen molar-refractivity contribution in [3.05, 3.63) is 30.9 Å². The molecule has 0 spiro atoms. The van der Waals surface area contributed by atoms with E-state index in [4.69, 9.17) is 0 Å². The highest BCUT2D eigenvalue weighted by Crippen LogP contribution is 2.30. The first-order valence-corrected chi connectivity index (χ1v) is 9.30. The summed E-state index contributed by atoms with van der Waals surface area (Å²) in [4.78, 5) is 23.7. The van der Waals surface area contributed by atoms with Crippen molar-refractivity contribution >= 4 is 5.91 Å². The fraction of sp³-hybridized carbons (Fsp3) is 0.667. The van der Waals surface area contributed by atoms with Crippen LogP contribution in [0.25, 0.3) is 0 Å². The van der Waals surface area contributed by atoms with Crippen molar-refractivity contribution in [2.45, 2.75) is 52.2 Å². The number of nitrogens with zero attached hydrogens (tertiary/aromatic N) is 6. The summed E-state index contributed by atoms with van der Waals surface area (Å²) in [6.45, 7) is 5.29. The molecule has 1 fully saturated rings. The van der Waals surface area contributed by atoms with Crippen LogP contribution in [-0.4, -0.2) is 41.7 Å². The Bertz CT molecular complexity index is 701. The van der Waals surface area contributed by atoms with E-state index >= 15 is 0 Å². The minimum Gasteiger partial charge on any atom is -0.335 e. The molecule has 1 saturated carbocycles. The number of fused-ring (bicyclic) bond motifs is 1. The molecule has 0 unspecified atom stereocenters. The Morgan fingerprint density at radius 2 is 2.08 bits per heavy atom. The van der Waals surface area contributed by atoms with Gasteiger partial charge in [0.25, 0.3) is 0 Å². The van der Waals surface area contributed by atoms with Crippen molar-refractivity contribution in [1.29, 1.82) is 0 Å². The number of hydrogen-bond donors (Lipinski definition) is 0. The highest BCUT2D eigenvalue weighted by atomic mass is 16.2. The molecule has 2 aromatic rings. The number of carbonyl (C=O) groups excluding carboxylic acids is 1. The van der Waals surface area contributed by atoms with Crippen LogP contribution in [0, 0.1) is 17.8 Å². The lowest BCUT2D eigenvalue weighted by molar-refractivity contribution is -0.138. The van der Waals surface area contributed by atoms with Crippen LogP contribution >= 0.6 is 0 Å². The molecule has 1 atom stereocenters. The van der Waals surface area contributed by atoms with Crippen LogP contribution in [0.2, 0.25) is 0 Å². The second kappa shape index (κ2) is 6.98. The lowest BCUT2D eigenvalue weighted by atomic mass is 9.82. The molecule has 1 aliphatic carbocycles. The monoisotopic (exact) mass is 342 g/mol. The Kier molecular flexibility index (Phi) is 4.55. The van der Waals surface area contributed by atoms with E-state index in [-0.39, 0.29) is 5.92 Å². The molecule has 4 rings (SSSR count). The average Bonchev–Trinajstić information content (AvgIpc) is 3.24. The predicted octanol–water partition coefficient (Wildman–Crippen LogP) is 1.96. The summed E-state index contributed by atoms with van der Waals surface area (Å²) in [7, 11) is 0. The summed E-state index contributed by atoms with van der Waals surface area (Å²) in [6.07, 6.45) is 11.5. The molecular formula is C18H26N6O. The van der Waals surface area contributed by atoms with Crippen LogP contribution in [0.5, 0.6) is 0 Å². The first-order valence-electron chi connectivity index (χ1n) is 9.30. The van der Waals surface area contributed by atoms with Crippen molar-refractivity contribution in [1.82, 2.24) is 29.2 Å². The van der Waals surface area contributed by atoms with Crippen LogP contribution < -0.4 is 0 Å². The standard InChI is InChI=1S/C18H26N6O/c1-14-2-4-16(5-3-14)18(25)23-9-15(10-24-13-19-12-21-24)8-22-7-6-20-17(22)11-23/h6-7,12-16H,2-5,8-11H2,1H3/t14?,15-,16?/m0/s1. The van der Waals surface area contributed by atoms with Crippen LogP contribution in [0.1, 0.15) is 38.4 Å². The molecule has 7 heteroatoms. The molecule has 0 saturated heterocycles. The molecule has 1 aliphatic heterocycles. The Morgan fingerprint density at radius 1 is 1.24 bits per heavy atom. The maximum absolute atomic E-state index is 13.1.